The van der Waals surface area contributed by atoms with Crippen LogP contribution in [0, 0.1) is 5.92 Å². The van der Waals surface area contributed by atoms with Crippen molar-refractivity contribution in [1.82, 2.24) is 0 Å². The van der Waals surface area contributed by atoms with Crippen LogP contribution in [0.3, 0.4) is 0 Å². The first-order valence-corrected chi connectivity index (χ1v) is 7.18. The van der Waals surface area contributed by atoms with Crippen LogP contribution in [0.5, 0.6) is 0 Å². The van der Waals surface area contributed by atoms with Gasteiger partial charge < -0.3 is 13.3 Å². The zero-order chi connectivity index (χ0) is 10.3. The van der Waals surface area contributed by atoms with Crippen LogP contribution in [-0.4, -0.2) is 28.6 Å². The fraction of sp³-hybridized carbons (Fsp3) is 1.00. The Hall–Kier alpha value is 0.0969. The summed E-state index contributed by atoms with van der Waals surface area (Å²) in [7, 11) is -2.31. The SMILES string of the molecule is CCO[Si](C)(OCC)OCC(C)C. The Kier molecular flexibility index (Phi) is 6.58. The van der Waals surface area contributed by atoms with Gasteiger partial charge >= 0.3 is 8.80 Å². The van der Waals surface area contributed by atoms with E-state index >= 15 is 0 Å². The molecule has 4 heteroatoms. The van der Waals surface area contributed by atoms with Crippen molar-refractivity contribution >= 4 is 8.80 Å². The fourth-order valence-corrected chi connectivity index (χ4v) is 2.90. The summed E-state index contributed by atoms with van der Waals surface area (Å²) < 4.78 is 16.7. The van der Waals surface area contributed by atoms with Crippen molar-refractivity contribution in [3.8, 4) is 0 Å². The second-order valence-corrected chi connectivity index (χ2v) is 6.02. The largest absolute Gasteiger partial charge is 0.497 e. The lowest BCUT2D eigenvalue weighted by atomic mass is 10.2. The van der Waals surface area contributed by atoms with Crippen LogP contribution >= 0.6 is 0 Å². The summed E-state index contributed by atoms with van der Waals surface area (Å²) in [5.41, 5.74) is 0. The average molecular weight is 206 g/mol. The van der Waals surface area contributed by atoms with Gasteiger partial charge in [-0.3, -0.25) is 0 Å². The Morgan fingerprint density at radius 1 is 1.00 bits per heavy atom. The molecule has 0 saturated carbocycles. The monoisotopic (exact) mass is 206 g/mol. The molecule has 0 amide bonds. The van der Waals surface area contributed by atoms with Crippen LogP contribution in [0.25, 0.3) is 0 Å². The van der Waals surface area contributed by atoms with Crippen LogP contribution in [0.4, 0.5) is 0 Å². The van der Waals surface area contributed by atoms with Crippen molar-refractivity contribution in [2.24, 2.45) is 5.92 Å². The van der Waals surface area contributed by atoms with E-state index in [2.05, 4.69) is 13.8 Å². The van der Waals surface area contributed by atoms with Gasteiger partial charge in [-0.1, -0.05) is 13.8 Å². The molecule has 0 aliphatic carbocycles. The number of hydrogen-bond acceptors (Lipinski definition) is 3. The Labute approximate surface area is 82.8 Å². The number of rotatable bonds is 7. The van der Waals surface area contributed by atoms with Gasteiger partial charge in [0.05, 0.1) is 0 Å². The maximum atomic E-state index is 5.67. The van der Waals surface area contributed by atoms with Gasteiger partial charge in [0.25, 0.3) is 0 Å². The Balaban J connectivity index is 3.91. The Bertz CT molecular complexity index is 122. The highest BCUT2D eigenvalue weighted by atomic mass is 28.4. The lowest BCUT2D eigenvalue weighted by molar-refractivity contribution is 0.0649. The molecule has 0 N–H and O–H groups in total. The van der Waals surface area contributed by atoms with Crippen molar-refractivity contribution in [1.29, 1.82) is 0 Å². The van der Waals surface area contributed by atoms with E-state index in [0.717, 1.165) is 0 Å². The second-order valence-electron chi connectivity index (χ2n) is 3.43. The molecule has 0 fully saturated rings. The summed E-state index contributed by atoms with van der Waals surface area (Å²) >= 11 is 0. The molecule has 0 rings (SSSR count). The summed E-state index contributed by atoms with van der Waals surface area (Å²) in [6, 6.07) is 0. The van der Waals surface area contributed by atoms with Crippen molar-refractivity contribution in [3.63, 3.8) is 0 Å². The third-order valence-corrected chi connectivity index (χ3v) is 3.81. The lowest BCUT2D eigenvalue weighted by Crippen LogP contribution is -2.43. The van der Waals surface area contributed by atoms with Crippen LogP contribution in [0.2, 0.25) is 6.55 Å². The summed E-state index contributed by atoms with van der Waals surface area (Å²) in [6.45, 7) is 12.1. The van der Waals surface area contributed by atoms with Crippen molar-refractivity contribution in [3.05, 3.63) is 0 Å². The van der Waals surface area contributed by atoms with Gasteiger partial charge in [0.1, 0.15) is 0 Å². The highest BCUT2D eigenvalue weighted by Gasteiger charge is 2.33. The van der Waals surface area contributed by atoms with Crippen LogP contribution in [-0.2, 0) is 13.3 Å². The van der Waals surface area contributed by atoms with Crippen molar-refractivity contribution in [2.45, 2.75) is 34.2 Å². The van der Waals surface area contributed by atoms with Crippen LogP contribution in [0.15, 0.2) is 0 Å². The van der Waals surface area contributed by atoms with E-state index in [1.54, 1.807) is 0 Å². The first kappa shape index (κ1) is 13.1. The molecule has 0 atom stereocenters. The topological polar surface area (TPSA) is 27.7 Å². The van der Waals surface area contributed by atoms with E-state index in [0.29, 0.717) is 25.7 Å². The smallest absolute Gasteiger partial charge is 0.374 e. The zero-order valence-electron chi connectivity index (χ0n) is 9.42. The van der Waals surface area contributed by atoms with Gasteiger partial charge in [-0.25, -0.2) is 0 Å². The summed E-state index contributed by atoms with van der Waals surface area (Å²) in [4.78, 5) is 0. The van der Waals surface area contributed by atoms with Gasteiger partial charge in [-0.2, -0.15) is 0 Å². The van der Waals surface area contributed by atoms with Crippen molar-refractivity contribution in [2.75, 3.05) is 19.8 Å². The van der Waals surface area contributed by atoms with Crippen LogP contribution < -0.4 is 0 Å². The molecule has 0 aromatic heterocycles. The van der Waals surface area contributed by atoms with E-state index in [1.165, 1.54) is 0 Å². The van der Waals surface area contributed by atoms with E-state index in [1.807, 2.05) is 20.4 Å². The molecule has 0 aliphatic rings. The van der Waals surface area contributed by atoms with Gasteiger partial charge in [-0.05, 0) is 19.8 Å². The summed E-state index contributed by atoms with van der Waals surface area (Å²) in [5, 5.41) is 0. The van der Waals surface area contributed by atoms with Crippen LogP contribution in [0.1, 0.15) is 27.7 Å². The number of hydrogen-bond donors (Lipinski definition) is 0. The molecule has 13 heavy (non-hydrogen) atoms. The van der Waals surface area contributed by atoms with Crippen molar-refractivity contribution < 1.29 is 13.3 Å². The minimum atomic E-state index is -2.31. The minimum absolute atomic E-state index is 0.521. The van der Waals surface area contributed by atoms with E-state index < -0.39 is 8.80 Å². The first-order chi connectivity index (χ1) is 6.04. The highest BCUT2D eigenvalue weighted by Crippen LogP contribution is 2.10. The predicted octanol–water partition coefficient (Wildman–Crippen LogP) is 2.30. The first-order valence-electron chi connectivity index (χ1n) is 4.96. The average Bonchev–Trinajstić information content (AvgIpc) is 2.02. The third kappa shape index (κ3) is 6.21. The quantitative estimate of drug-likeness (QED) is 0.598. The Morgan fingerprint density at radius 3 is 1.77 bits per heavy atom. The molecule has 0 heterocycles. The molecule has 0 aromatic rings. The Morgan fingerprint density at radius 2 is 1.46 bits per heavy atom. The predicted molar refractivity (Wildman–Crippen MR) is 55.7 cm³/mol. The zero-order valence-corrected chi connectivity index (χ0v) is 10.4. The molecule has 3 nitrogen and oxygen atoms in total. The van der Waals surface area contributed by atoms with Gasteiger partial charge in [0.15, 0.2) is 0 Å². The normalized spacial score (nSPS) is 12.5. The fourth-order valence-electron chi connectivity index (χ4n) is 0.967. The molecule has 80 valence electrons. The molecule has 0 aliphatic heterocycles. The molecule has 0 spiro atoms. The molecular formula is C9H22O3Si. The van der Waals surface area contributed by atoms with Gasteiger partial charge in [0.2, 0.25) is 0 Å². The molecule has 0 unspecified atom stereocenters. The standard InChI is InChI=1S/C9H22O3Si/c1-6-10-13(5,11-7-2)12-8-9(3)4/h9H,6-8H2,1-5H3. The third-order valence-electron chi connectivity index (χ3n) is 1.49. The minimum Gasteiger partial charge on any atom is -0.374 e. The maximum Gasteiger partial charge on any atom is 0.497 e. The molecular weight excluding hydrogens is 184 g/mol. The second kappa shape index (κ2) is 6.54. The lowest BCUT2D eigenvalue weighted by Gasteiger charge is -2.25. The molecule has 0 aromatic carbocycles. The maximum absolute atomic E-state index is 5.67. The van der Waals surface area contributed by atoms with E-state index in [4.69, 9.17) is 13.3 Å². The van der Waals surface area contributed by atoms with Gasteiger partial charge in [0, 0.05) is 26.4 Å². The van der Waals surface area contributed by atoms with E-state index in [9.17, 15) is 0 Å². The summed E-state index contributed by atoms with van der Waals surface area (Å²) in [5.74, 6) is 0.521. The molecule has 0 bridgehead atoms. The summed E-state index contributed by atoms with van der Waals surface area (Å²) in [6.07, 6.45) is 0. The van der Waals surface area contributed by atoms with E-state index in [-0.39, 0.29) is 0 Å². The van der Waals surface area contributed by atoms with Gasteiger partial charge in [-0.15, -0.1) is 0 Å². The highest BCUT2D eigenvalue weighted by molar-refractivity contribution is 6.59. The molecule has 0 saturated heterocycles. The molecule has 0 radical (unpaired) electrons.